The van der Waals surface area contributed by atoms with Crippen molar-refractivity contribution < 1.29 is 9.53 Å². The largest absolute Gasteiger partial charge is 0.481 e. The van der Waals surface area contributed by atoms with E-state index in [0.717, 1.165) is 22.4 Å². The van der Waals surface area contributed by atoms with Crippen molar-refractivity contribution in [1.29, 1.82) is 0 Å². The quantitative estimate of drug-likeness (QED) is 0.903. The van der Waals surface area contributed by atoms with E-state index in [0.29, 0.717) is 11.6 Å². The van der Waals surface area contributed by atoms with Crippen LogP contribution < -0.4 is 10.1 Å². The summed E-state index contributed by atoms with van der Waals surface area (Å²) in [5.41, 5.74) is 3.20. The van der Waals surface area contributed by atoms with E-state index in [2.05, 4.69) is 5.32 Å². The van der Waals surface area contributed by atoms with Gasteiger partial charge in [0.2, 0.25) is 0 Å². The summed E-state index contributed by atoms with van der Waals surface area (Å²) in [6.07, 6.45) is -0.548. The van der Waals surface area contributed by atoms with Gasteiger partial charge in [-0.1, -0.05) is 35.9 Å². The molecule has 22 heavy (non-hydrogen) atoms. The fourth-order valence-electron chi connectivity index (χ4n) is 2.03. The zero-order chi connectivity index (χ0) is 16.1. The smallest absolute Gasteiger partial charge is 0.261 e. The lowest BCUT2D eigenvalue weighted by molar-refractivity contribution is -0.127. The minimum absolute atomic E-state index is 0.143. The summed E-state index contributed by atoms with van der Waals surface area (Å²) in [6.45, 7) is 6.21. The maximum Gasteiger partial charge on any atom is 0.261 e. The minimum atomic E-state index is -0.548. The number of hydrogen-bond donors (Lipinski definition) is 1. The second kappa shape index (κ2) is 7.32. The molecule has 0 unspecified atom stereocenters. The molecule has 0 fully saturated rings. The Bertz CT molecular complexity index is 653. The Kier molecular flexibility index (Phi) is 5.45. The molecule has 4 heteroatoms. The molecule has 2 aromatic rings. The van der Waals surface area contributed by atoms with E-state index in [9.17, 15) is 4.79 Å². The molecule has 1 atom stereocenters. The second-order valence-corrected chi connectivity index (χ2v) is 5.74. The summed E-state index contributed by atoms with van der Waals surface area (Å²) in [6, 6.07) is 13.2. The van der Waals surface area contributed by atoms with Crippen molar-refractivity contribution in [2.24, 2.45) is 0 Å². The molecule has 0 heterocycles. The maximum absolute atomic E-state index is 12.1. The lowest BCUT2D eigenvalue weighted by atomic mass is 10.1. The van der Waals surface area contributed by atoms with Crippen LogP contribution in [0.5, 0.6) is 5.75 Å². The van der Waals surface area contributed by atoms with Crippen LogP contribution in [0.15, 0.2) is 42.5 Å². The van der Waals surface area contributed by atoms with Crippen LogP contribution in [0.3, 0.4) is 0 Å². The molecule has 2 rings (SSSR count). The maximum atomic E-state index is 12.1. The standard InChI is InChI=1S/C18H20ClNO2/c1-12-5-4-6-17(13(12)2)22-14(3)18(21)20-11-15-7-9-16(19)10-8-15/h4-10,14H,11H2,1-3H3,(H,20,21)/t14-/m1/s1. The van der Waals surface area contributed by atoms with Crippen molar-refractivity contribution in [2.75, 3.05) is 0 Å². The summed E-state index contributed by atoms with van der Waals surface area (Å²) >= 11 is 5.84. The molecule has 116 valence electrons. The Balaban J connectivity index is 1.92. The highest BCUT2D eigenvalue weighted by atomic mass is 35.5. The molecule has 0 aliphatic carbocycles. The van der Waals surface area contributed by atoms with E-state index in [-0.39, 0.29) is 5.91 Å². The third kappa shape index (κ3) is 4.25. The van der Waals surface area contributed by atoms with Crippen LogP contribution in [-0.2, 0) is 11.3 Å². The van der Waals surface area contributed by atoms with Crippen LogP contribution in [0.4, 0.5) is 0 Å². The third-order valence-electron chi connectivity index (χ3n) is 3.61. The predicted molar refractivity (Wildman–Crippen MR) is 89.3 cm³/mol. The number of amides is 1. The molecular weight excluding hydrogens is 298 g/mol. The van der Waals surface area contributed by atoms with Crippen molar-refractivity contribution in [3.63, 3.8) is 0 Å². The summed E-state index contributed by atoms with van der Waals surface area (Å²) in [5.74, 6) is 0.602. The molecule has 0 aliphatic rings. The normalized spacial score (nSPS) is 11.8. The number of ether oxygens (including phenoxy) is 1. The Morgan fingerprint density at radius 2 is 1.86 bits per heavy atom. The monoisotopic (exact) mass is 317 g/mol. The van der Waals surface area contributed by atoms with Crippen LogP contribution in [0.2, 0.25) is 5.02 Å². The molecule has 0 saturated heterocycles. The highest BCUT2D eigenvalue weighted by Gasteiger charge is 2.15. The summed E-state index contributed by atoms with van der Waals surface area (Å²) in [5, 5.41) is 3.55. The van der Waals surface area contributed by atoms with Gasteiger partial charge in [0.25, 0.3) is 5.91 Å². The Labute approximate surface area is 136 Å². The van der Waals surface area contributed by atoms with E-state index in [1.54, 1.807) is 19.1 Å². The van der Waals surface area contributed by atoms with Crippen molar-refractivity contribution in [3.05, 3.63) is 64.2 Å². The van der Waals surface area contributed by atoms with Gasteiger partial charge in [-0.3, -0.25) is 4.79 Å². The van der Waals surface area contributed by atoms with Gasteiger partial charge in [-0.15, -0.1) is 0 Å². The van der Waals surface area contributed by atoms with Crippen molar-refractivity contribution >= 4 is 17.5 Å². The van der Waals surface area contributed by atoms with Crippen LogP contribution in [-0.4, -0.2) is 12.0 Å². The molecule has 1 N–H and O–H groups in total. The van der Waals surface area contributed by atoms with E-state index in [1.165, 1.54) is 0 Å². The molecule has 0 aliphatic heterocycles. The van der Waals surface area contributed by atoms with Gasteiger partial charge in [-0.05, 0) is 55.7 Å². The first-order chi connectivity index (χ1) is 10.5. The zero-order valence-corrected chi connectivity index (χ0v) is 13.8. The van der Waals surface area contributed by atoms with E-state index in [1.807, 2.05) is 44.2 Å². The molecule has 1 amide bonds. The number of rotatable bonds is 5. The molecule has 2 aromatic carbocycles. The number of hydrogen-bond acceptors (Lipinski definition) is 2. The fraction of sp³-hybridized carbons (Fsp3) is 0.278. The molecule has 3 nitrogen and oxygen atoms in total. The highest BCUT2D eigenvalue weighted by molar-refractivity contribution is 6.30. The zero-order valence-electron chi connectivity index (χ0n) is 13.0. The topological polar surface area (TPSA) is 38.3 Å². The van der Waals surface area contributed by atoms with Gasteiger partial charge >= 0.3 is 0 Å². The highest BCUT2D eigenvalue weighted by Crippen LogP contribution is 2.21. The van der Waals surface area contributed by atoms with Gasteiger partial charge in [0.15, 0.2) is 6.10 Å². The van der Waals surface area contributed by atoms with Gasteiger partial charge in [0.1, 0.15) is 5.75 Å². The van der Waals surface area contributed by atoms with E-state index in [4.69, 9.17) is 16.3 Å². The van der Waals surface area contributed by atoms with Crippen LogP contribution in [0.1, 0.15) is 23.6 Å². The van der Waals surface area contributed by atoms with Gasteiger partial charge < -0.3 is 10.1 Å². The van der Waals surface area contributed by atoms with Crippen molar-refractivity contribution in [2.45, 2.75) is 33.4 Å². The predicted octanol–water partition coefficient (Wildman–Crippen LogP) is 4.04. The van der Waals surface area contributed by atoms with Crippen molar-refractivity contribution in [1.82, 2.24) is 5.32 Å². The molecule has 0 spiro atoms. The van der Waals surface area contributed by atoms with Crippen LogP contribution in [0, 0.1) is 13.8 Å². The van der Waals surface area contributed by atoms with E-state index < -0.39 is 6.10 Å². The Hall–Kier alpha value is -2.00. The number of carbonyl (C=O) groups is 1. The first kappa shape index (κ1) is 16.4. The number of nitrogens with one attached hydrogen (secondary N) is 1. The molecule has 0 saturated carbocycles. The van der Waals surface area contributed by atoms with Gasteiger partial charge in [-0.2, -0.15) is 0 Å². The lowest BCUT2D eigenvalue weighted by Crippen LogP contribution is -2.36. The second-order valence-electron chi connectivity index (χ2n) is 5.30. The van der Waals surface area contributed by atoms with Gasteiger partial charge in [-0.25, -0.2) is 0 Å². The Morgan fingerprint density at radius 1 is 1.18 bits per heavy atom. The Morgan fingerprint density at radius 3 is 2.55 bits per heavy atom. The summed E-state index contributed by atoms with van der Waals surface area (Å²) < 4.78 is 5.76. The molecule has 0 aromatic heterocycles. The van der Waals surface area contributed by atoms with Crippen molar-refractivity contribution in [3.8, 4) is 5.75 Å². The van der Waals surface area contributed by atoms with Crippen LogP contribution in [0.25, 0.3) is 0 Å². The average molecular weight is 318 g/mol. The summed E-state index contributed by atoms with van der Waals surface area (Å²) in [4.78, 5) is 12.1. The average Bonchev–Trinajstić information content (AvgIpc) is 2.51. The number of carbonyl (C=O) groups excluding carboxylic acids is 1. The third-order valence-corrected chi connectivity index (χ3v) is 3.86. The summed E-state index contributed by atoms with van der Waals surface area (Å²) in [7, 11) is 0. The molecular formula is C18H20ClNO2. The number of halogens is 1. The SMILES string of the molecule is Cc1cccc(O[C@H](C)C(=O)NCc2ccc(Cl)cc2)c1C. The minimum Gasteiger partial charge on any atom is -0.481 e. The molecule has 0 bridgehead atoms. The van der Waals surface area contributed by atoms with Gasteiger partial charge in [0.05, 0.1) is 0 Å². The molecule has 0 radical (unpaired) electrons. The van der Waals surface area contributed by atoms with E-state index >= 15 is 0 Å². The number of benzene rings is 2. The first-order valence-corrected chi connectivity index (χ1v) is 7.60. The van der Waals surface area contributed by atoms with Gasteiger partial charge in [0, 0.05) is 11.6 Å². The fourth-order valence-corrected chi connectivity index (χ4v) is 2.16. The lowest BCUT2D eigenvalue weighted by Gasteiger charge is -2.17. The number of aryl methyl sites for hydroxylation is 1. The van der Waals surface area contributed by atoms with Crippen LogP contribution >= 0.6 is 11.6 Å². The first-order valence-electron chi connectivity index (χ1n) is 7.22.